The van der Waals surface area contributed by atoms with Crippen LogP contribution in [0.5, 0.6) is 0 Å². The molecule has 2 heterocycles. The predicted octanol–water partition coefficient (Wildman–Crippen LogP) is 4.13. The number of hydrogen-bond donors (Lipinski definition) is 1. The summed E-state index contributed by atoms with van der Waals surface area (Å²) in [5.74, 6) is -0.218. The Morgan fingerprint density at radius 2 is 2.03 bits per heavy atom. The molecule has 11 heteroatoms. The van der Waals surface area contributed by atoms with E-state index in [0.29, 0.717) is 30.8 Å². The van der Waals surface area contributed by atoms with Gasteiger partial charge in [-0.3, -0.25) is 19.3 Å². The van der Waals surface area contributed by atoms with Crippen molar-refractivity contribution < 1.29 is 23.5 Å². The Hall–Kier alpha value is -2.33. The van der Waals surface area contributed by atoms with Gasteiger partial charge in [-0.25, -0.2) is 0 Å². The molecule has 1 aliphatic heterocycles. The average molecular weight is 499 g/mol. The van der Waals surface area contributed by atoms with Gasteiger partial charge >= 0.3 is 5.97 Å². The van der Waals surface area contributed by atoms with Crippen molar-refractivity contribution in [3.05, 3.63) is 51.0 Å². The third-order valence-electron chi connectivity index (χ3n) is 4.20. The topological polar surface area (TPSA) is 88.9 Å². The first-order valence-electron chi connectivity index (χ1n) is 8.92. The fourth-order valence-corrected chi connectivity index (χ4v) is 4.19. The lowest BCUT2D eigenvalue weighted by atomic mass is 10.2. The van der Waals surface area contributed by atoms with Crippen molar-refractivity contribution in [1.82, 2.24) is 10.2 Å². The highest BCUT2D eigenvalue weighted by molar-refractivity contribution is 8.26. The summed E-state index contributed by atoms with van der Waals surface area (Å²) in [7, 11) is 1.23. The van der Waals surface area contributed by atoms with Gasteiger partial charge in [0.2, 0.25) is 5.91 Å². The summed E-state index contributed by atoms with van der Waals surface area (Å²) < 4.78 is 10.6. The Bertz CT molecular complexity index is 1080. The van der Waals surface area contributed by atoms with Crippen molar-refractivity contribution >= 4 is 75.4 Å². The normalized spacial score (nSPS) is 14.9. The van der Waals surface area contributed by atoms with E-state index in [0.717, 1.165) is 17.3 Å². The minimum Gasteiger partial charge on any atom is -0.468 e. The number of furan rings is 1. The number of esters is 1. The standard InChI is InChI=1S/C20H16Cl2N2O5S2/c1-28-18(26)10-23-17(25)6-7-24-19(27)16(31-20(24)30)9-12-3-5-15(29-12)11-2-4-13(21)14(22)8-11/h2-5,8-9H,6-7,10H2,1H3,(H,23,25). The van der Waals surface area contributed by atoms with E-state index in [9.17, 15) is 14.4 Å². The van der Waals surface area contributed by atoms with Crippen LogP contribution in [0.1, 0.15) is 12.2 Å². The molecule has 7 nitrogen and oxygen atoms in total. The Labute approximate surface area is 197 Å². The van der Waals surface area contributed by atoms with Crippen LogP contribution in [0.15, 0.2) is 39.7 Å². The molecule has 0 bridgehead atoms. The number of nitrogens with one attached hydrogen (secondary N) is 1. The number of amides is 2. The van der Waals surface area contributed by atoms with Gasteiger partial charge in [-0.15, -0.1) is 0 Å². The van der Waals surface area contributed by atoms with E-state index in [2.05, 4.69) is 10.1 Å². The van der Waals surface area contributed by atoms with Crippen LogP contribution in [0.25, 0.3) is 17.4 Å². The minimum absolute atomic E-state index is 0.00105. The lowest BCUT2D eigenvalue weighted by molar-refractivity contribution is -0.141. The van der Waals surface area contributed by atoms with E-state index in [4.69, 9.17) is 39.8 Å². The summed E-state index contributed by atoms with van der Waals surface area (Å²) in [6.45, 7) is -0.130. The van der Waals surface area contributed by atoms with Gasteiger partial charge < -0.3 is 14.5 Å². The Balaban J connectivity index is 1.64. The molecule has 1 aromatic heterocycles. The highest BCUT2D eigenvalue weighted by Gasteiger charge is 2.32. The molecule has 0 atom stereocenters. The molecule has 0 aliphatic carbocycles. The van der Waals surface area contributed by atoms with Gasteiger partial charge in [0.25, 0.3) is 5.91 Å². The molecular weight excluding hydrogens is 483 g/mol. The van der Waals surface area contributed by atoms with Crippen LogP contribution in [-0.2, 0) is 19.1 Å². The zero-order valence-electron chi connectivity index (χ0n) is 16.1. The maximum atomic E-state index is 12.7. The van der Waals surface area contributed by atoms with E-state index in [1.165, 1.54) is 12.0 Å². The molecule has 2 aromatic rings. The van der Waals surface area contributed by atoms with Crippen molar-refractivity contribution in [2.45, 2.75) is 6.42 Å². The summed E-state index contributed by atoms with van der Waals surface area (Å²) in [5.41, 5.74) is 0.750. The first kappa shape index (κ1) is 23.3. The largest absolute Gasteiger partial charge is 0.468 e. The monoisotopic (exact) mass is 498 g/mol. The van der Waals surface area contributed by atoms with Gasteiger partial charge in [-0.1, -0.05) is 47.2 Å². The highest BCUT2D eigenvalue weighted by Crippen LogP contribution is 2.34. The summed E-state index contributed by atoms with van der Waals surface area (Å²) in [6.07, 6.45) is 1.59. The van der Waals surface area contributed by atoms with Gasteiger partial charge in [-0.05, 0) is 30.3 Å². The SMILES string of the molecule is COC(=O)CNC(=O)CCN1C(=O)C(=Cc2ccc(-c3ccc(Cl)c(Cl)c3)o2)SC1=S. The number of carbonyl (C=O) groups is 3. The van der Waals surface area contributed by atoms with Crippen LogP contribution < -0.4 is 5.32 Å². The molecule has 0 saturated carbocycles. The van der Waals surface area contributed by atoms with E-state index in [1.54, 1.807) is 36.4 Å². The number of ether oxygens (including phenoxy) is 1. The third-order valence-corrected chi connectivity index (χ3v) is 6.31. The van der Waals surface area contributed by atoms with Crippen molar-refractivity contribution in [1.29, 1.82) is 0 Å². The lowest BCUT2D eigenvalue weighted by Gasteiger charge is -2.13. The van der Waals surface area contributed by atoms with Gasteiger partial charge in [0.05, 0.1) is 22.1 Å². The molecule has 1 aromatic carbocycles. The zero-order valence-corrected chi connectivity index (χ0v) is 19.3. The van der Waals surface area contributed by atoms with Gasteiger partial charge in [-0.2, -0.15) is 0 Å². The van der Waals surface area contributed by atoms with E-state index >= 15 is 0 Å². The molecular formula is C20H16Cl2N2O5S2. The number of hydrogen-bond acceptors (Lipinski definition) is 7. The van der Waals surface area contributed by atoms with E-state index in [-0.39, 0.29) is 31.3 Å². The molecule has 0 radical (unpaired) electrons. The smallest absolute Gasteiger partial charge is 0.325 e. The second kappa shape index (κ2) is 10.3. The summed E-state index contributed by atoms with van der Waals surface area (Å²) in [6, 6.07) is 8.63. The van der Waals surface area contributed by atoms with Crippen LogP contribution in [-0.4, -0.2) is 47.2 Å². The maximum absolute atomic E-state index is 12.7. The molecule has 0 spiro atoms. The molecule has 1 aliphatic rings. The Kier molecular flexibility index (Phi) is 7.77. The number of rotatable bonds is 7. The Morgan fingerprint density at radius 1 is 1.26 bits per heavy atom. The van der Waals surface area contributed by atoms with Gasteiger partial charge in [0.1, 0.15) is 22.4 Å². The van der Waals surface area contributed by atoms with Crippen molar-refractivity contribution in [3.63, 3.8) is 0 Å². The first-order chi connectivity index (χ1) is 14.8. The Morgan fingerprint density at radius 3 is 2.74 bits per heavy atom. The summed E-state index contributed by atoms with van der Waals surface area (Å²) in [4.78, 5) is 37.3. The van der Waals surface area contributed by atoms with Crippen LogP contribution in [0.2, 0.25) is 10.0 Å². The fourth-order valence-electron chi connectivity index (χ4n) is 2.60. The number of methoxy groups -OCH3 is 1. The van der Waals surface area contributed by atoms with Crippen LogP contribution in [0.3, 0.4) is 0 Å². The lowest BCUT2D eigenvalue weighted by Crippen LogP contribution is -2.35. The number of thioether (sulfide) groups is 1. The zero-order chi connectivity index (χ0) is 22.5. The molecule has 2 amide bonds. The number of carbonyl (C=O) groups excluding carboxylic acids is 3. The van der Waals surface area contributed by atoms with Crippen LogP contribution >= 0.6 is 47.2 Å². The molecule has 1 saturated heterocycles. The maximum Gasteiger partial charge on any atom is 0.325 e. The van der Waals surface area contributed by atoms with E-state index in [1.807, 2.05) is 0 Å². The van der Waals surface area contributed by atoms with E-state index < -0.39 is 5.97 Å². The molecule has 31 heavy (non-hydrogen) atoms. The van der Waals surface area contributed by atoms with Crippen molar-refractivity contribution in [2.75, 3.05) is 20.2 Å². The number of halogens is 2. The molecule has 1 N–H and O–H groups in total. The summed E-state index contributed by atoms with van der Waals surface area (Å²) >= 11 is 18.4. The minimum atomic E-state index is -0.555. The second-order valence-corrected chi connectivity index (χ2v) is 8.76. The second-order valence-electron chi connectivity index (χ2n) is 6.27. The third kappa shape index (κ3) is 5.88. The molecule has 3 rings (SSSR count). The van der Waals surface area contributed by atoms with Crippen molar-refractivity contribution in [2.24, 2.45) is 0 Å². The van der Waals surface area contributed by atoms with Crippen LogP contribution in [0, 0.1) is 0 Å². The number of thiocarbonyl (C=S) groups is 1. The first-order valence-corrected chi connectivity index (χ1v) is 10.9. The van der Waals surface area contributed by atoms with Crippen LogP contribution in [0.4, 0.5) is 0 Å². The summed E-state index contributed by atoms with van der Waals surface area (Å²) in [5, 5.41) is 3.27. The number of benzene rings is 1. The highest BCUT2D eigenvalue weighted by atomic mass is 35.5. The van der Waals surface area contributed by atoms with Gasteiger partial charge in [0.15, 0.2) is 0 Å². The predicted molar refractivity (Wildman–Crippen MR) is 124 cm³/mol. The van der Waals surface area contributed by atoms with Gasteiger partial charge in [0, 0.05) is 24.6 Å². The fraction of sp³-hybridized carbons (Fsp3) is 0.200. The molecule has 1 fully saturated rings. The average Bonchev–Trinajstić information content (AvgIpc) is 3.31. The quantitative estimate of drug-likeness (QED) is 0.348. The molecule has 162 valence electrons. The number of nitrogens with zero attached hydrogens (tertiary/aromatic N) is 1. The van der Waals surface area contributed by atoms with Crippen molar-refractivity contribution in [3.8, 4) is 11.3 Å². The molecule has 0 unspecified atom stereocenters.